The van der Waals surface area contributed by atoms with E-state index in [1.165, 1.54) is 24.3 Å². The highest BCUT2D eigenvalue weighted by Gasteiger charge is 2.18. The molecule has 0 aliphatic rings. The van der Waals surface area contributed by atoms with Crippen molar-refractivity contribution in [2.45, 2.75) is 6.92 Å². The van der Waals surface area contributed by atoms with Gasteiger partial charge in [0.2, 0.25) is 0 Å². The van der Waals surface area contributed by atoms with Gasteiger partial charge < -0.3 is 5.32 Å². The average Bonchev–Trinajstić information content (AvgIpc) is 2.33. The highest BCUT2D eigenvalue weighted by atomic mass is 35.5. The number of nitro groups is 1. The Morgan fingerprint density at radius 3 is 2.68 bits per heavy atom. The van der Waals surface area contributed by atoms with Crippen LogP contribution < -0.4 is 5.32 Å². The molecule has 2 aromatic rings. The Balaban J connectivity index is 2.46. The molecular weight excluding hydrogens is 271 g/mol. The molecule has 6 heteroatoms. The quantitative estimate of drug-likeness (QED) is 0.668. The molecule has 0 spiro atoms. The van der Waals surface area contributed by atoms with Crippen LogP contribution in [0.5, 0.6) is 0 Å². The molecule has 19 heavy (non-hydrogen) atoms. The number of halogens is 2. The standard InChI is InChI=1S/C13H10ClFN2O2/c1-8-5-6-9(15)7-12(8)16-11-4-2-3-10(14)13(11)17(18)19/h2-7,16H,1H3. The fraction of sp³-hybridized carbons (Fsp3) is 0.0769. The Bertz CT molecular complexity index is 647. The van der Waals surface area contributed by atoms with Crippen molar-refractivity contribution in [3.05, 3.63) is 62.9 Å². The number of hydrogen-bond donors (Lipinski definition) is 1. The number of nitro benzene ring substituents is 1. The topological polar surface area (TPSA) is 55.2 Å². The van der Waals surface area contributed by atoms with Crippen molar-refractivity contribution >= 4 is 28.7 Å². The summed E-state index contributed by atoms with van der Waals surface area (Å²) >= 11 is 5.81. The molecule has 0 aliphatic heterocycles. The van der Waals surface area contributed by atoms with E-state index < -0.39 is 10.7 Å². The lowest BCUT2D eigenvalue weighted by Gasteiger charge is -2.10. The van der Waals surface area contributed by atoms with E-state index in [2.05, 4.69) is 5.32 Å². The molecule has 0 unspecified atom stereocenters. The molecule has 0 radical (unpaired) electrons. The second-order valence-corrected chi connectivity index (χ2v) is 4.38. The Hall–Kier alpha value is -2.14. The minimum atomic E-state index is -0.570. The van der Waals surface area contributed by atoms with Crippen LogP contribution in [-0.2, 0) is 0 Å². The molecular formula is C13H10ClFN2O2. The number of hydrogen-bond acceptors (Lipinski definition) is 3. The number of aryl methyl sites for hydroxylation is 1. The number of para-hydroxylation sites is 1. The van der Waals surface area contributed by atoms with Crippen molar-refractivity contribution in [1.82, 2.24) is 0 Å². The van der Waals surface area contributed by atoms with Crippen LogP contribution >= 0.6 is 11.6 Å². The van der Waals surface area contributed by atoms with Gasteiger partial charge in [-0.05, 0) is 36.8 Å². The van der Waals surface area contributed by atoms with Gasteiger partial charge in [-0.3, -0.25) is 10.1 Å². The van der Waals surface area contributed by atoms with Crippen molar-refractivity contribution in [1.29, 1.82) is 0 Å². The van der Waals surface area contributed by atoms with E-state index in [1.54, 1.807) is 19.1 Å². The van der Waals surface area contributed by atoms with Gasteiger partial charge in [-0.1, -0.05) is 23.7 Å². The summed E-state index contributed by atoms with van der Waals surface area (Å²) in [6, 6.07) is 8.74. The molecule has 0 amide bonds. The normalized spacial score (nSPS) is 10.3. The van der Waals surface area contributed by atoms with Crippen LogP contribution in [-0.4, -0.2) is 4.92 Å². The van der Waals surface area contributed by atoms with Crippen molar-refractivity contribution in [3.8, 4) is 0 Å². The van der Waals surface area contributed by atoms with Crippen molar-refractivity contribution in [2.75, 3.05) is 5.32 Å². The molecule has 0 saturated carbocycles. The van der Waals surface area contributed by atoms with E-state index in [4.69, 9.17) is 11.6 Å². The predicted molar refractivity (Wildman–Crippen MR) is 72.5 cm³/mol. The first kappa shape index (κ1) is 13.3. The Labute approximate surface area is 114 Å². The van der Waals surface area contributed by atoms with Gasteiger partial charge in [0.15, 0.2) is 0 Å². The zero-order valence-corrected chi connectivity index (χ0v) is 10.7. The Morgan fingerprint density at radius 2 is 2.00 bits per heavy atom. The van der Waals surface area contributed by atoms with Gasteiger partial charge in [-0.25, -0.2) is 4.39 Å². The van der Waals surface area contributed by atoms with E-state index in [-0.39, 0.29) is 16.4 Å². The van der Waals surface area contributed by atoms with Crippen LogP contribution in [0.3, 0.4) is 0 Å². The SMILES string of the molecule is Cc1ccc(F)cc1Nc1cccc(Cl)c1[N+](=O)[O-]. The number of rotatable bonds is 3. The van der Waals surface area contributed by atoms with Crippen LogP contribution in [0.4, 0.5) is 21.5 Å². The van der Waals surface area contributed by atoms with Crippen molar-refractivity contribution in [2.24, 2.45) is 0 Å². The third-order valence-corrected chi connectivity index (χ3v) is 2.94. The van der Waals surface area contributed by atoms with Crippen LogP contribution in [0.2, 0.25) is 5.02 Å². The molecule has 2 rings (SSSR count). The van der Waals surface area contributed by atoms with Crippen LogP contribution in [0.1, 0.15) is 5.56 Å². The number of benzene rings is 2. The summed E-state index contributed by atoms with van der Waals surface area (Å²) in [6.07, 6.45) is 0. The van der Waals surface area contributed by atoms with Gasteiger partial charge >= 0.3 is 5.69 Å². The van der Waals surface area contributed by atoms with Gasteiger partial charge in [0.1, 0.15) is 16.5 Å². The van der Waals surface area contributed by atoms with Crippen LogP contribution in [0.15, 0.2) is 36.4 Å². The summed E-state index contributed by atoms with van der Waals surface area (Å²) in [5.74, 6) is -0.419. The van der Waals surface area contributed by atoms with Crippen LogP contribution in [0, 0.1) is 22.9 Å². The molecule has 0 atom stereocenters. The summed E-state index contributed by atoms with van der Waals surface area (Å²) in [5.41, 5.74) is 1.24. The van der Waals surface area contributed by atoms with E-state index in [0.717, 1.165) is 5.56 Å². The van der Waals surface area contributed by atoms with Crippen molar-refractivity contribution in [3.63, 3.8) is 0 Å². The third-order valence-electron chi connectivity index (χ3n) is 2.64. The van der Waals surface area contributed by atoms with Gasteiger partial charge in [0.05, 0.1) is 4.92 Å². The summed E-state index contributed by atoms with van der Waals surface area (Å²) in [4.78, 5) is 10.4. The monoisotopic (exact) mass is 280 g/mol. The number of nitrogens with one attached hydrogen (secondary N) is 1. The minimum absolute atomic E-state index is 0.0315. The van der Waals surface area contributed by atoms with Gasteiger partial charge in [-0.2, -0.15) is 0 Å². The second kappa shape index (κ2) is 5.24. The summed E-state index contributed by atoms with van der Waals surface area (Å²) in [6.45, 7) is 1.78. The van der Waals surface area contributed by atoms with E-state index in [0.29, 0.717) is 5.69 Å². The fourth-order valence-corrected chi connectivity index (χ4v) is 1.92. The first-order chi connectivity index (χ1) is 8.99. The fourth-order valence-electron chi connectivity index (χ4n) is 1.68. The first-order valence-corrected chi connectivity index (χ1v) is 5.83. The lowest BCUT2D eigenvalue weighted by molar-refractivity contribution is -0.383. The average molecular weight is 281 g/mol. The van der Waals surface area contributed by atoms with Gasteiger partial charge in [0.25, 0.3) is 0 Å². The zero-order chi connectivity index (χ0) is 14.0. The van der Waals surface area contributed by atoms with E-state index >= 15 is 0 Å². The highest BCUT2D eigenvalue weighted by Crippen LogP contribution is 2.34. The highest BCUT2D eigenvalue weighted by molar-refractivity contribution is 6.33. The maximum atomic E-state index is 13.2. The predicted octanol–water partition coefficient (Wildman–Crippen LogP) is 4.44. The third kappa shape index (κ3) is 2.82. The Kier molecular flexibility index (Phi) is 3.66. The van der Waals surface area contributed by atoms with Crippen LogP contribution in [0.25, 0.3) is 0 Å². The lowest BCUT2D eigenvalue weighted by atomic mass is 10.2. The van der Waals surface area contributed by atoms with Gasteiger partial charge in [0, 0.05) is 5.69 Å². The first-order valence-electron chi connectivity index (χ1n) is 5.45. The summed E-state index contributed by atoms with van der Waals surface area (Å²) in [5, 5.41) is 13.9. The van der Waals surface area contributed by atoms with E-state index in [1.807, 2.05) is 0 Å². The molecule has 0 aromatic heterocycles. The molecule has 0 bridgehead atoms. The minimum Gasteiger partial charge on any atom is -0.350 e. The molecule has 0 aliphatic carbocycles. The van der Waals surface area contributed by atoms with Gasteiger partial charge in [-0.15, -0.1) is 0 Å². The van der Waals surface area contributed by atoms with Crippen molar-refractivity contribution < 1.29 is 9.31 Å². The lowest BCUT2D eigenvalue weighted by Crippen LogP contribution is -1.99. The zero-order valence-electron chi connectivity index (χ0n) is 9.98. The molecule has 0 fully saturated rings. The molecule has 1 N–H and O–H groups in total. The molecule has 0 heterocycles. The maximum absolute atomic E-state index is 13.2. The second-order valence-electron chi connectivity index (χ2n) is 3.98. The Morgan fingerprint density at radius 1 is 1.26 bits per heavy atom. The summed E-state index contributed by atoms with van der Waals surface area (Å²) < 4.78 is 13.2. The summed E-state index contributed by atoms with van der Waals surface area (Å²) in [7, 11) is 0. The molecule has 4 nitrogen and oxygen atoms in total. The molecule has 98 valence electrons. The number of anilines is 2. The smallest absolute Gasteiger partial charge is 0.311 e. The molecule has 0 saturated heterocycles. The van der Waals surface area contributed by atoms with E-state index in [9.17, 15) is 14.5 Å². The largest absolute Gasteiger partial charge is 0.350 e. The maximum Gasteiger partial charge on any atom is 0.311 e. The number of nitrogens with zero attached hydrogens (tertiary/aromatic N) is 1. The molecule has 2 aromatic carbocycles.